The highest BCUT2D eigenvalue weighted by Gasteiger charge is 2.24. The van der Waals surface area contributed by atoms with E-state index < -0.39 is 0 Å². The van der Waals surface area contributed by atoms with Gasteiger partial charge in [0.05, 0.1) is 11.0 Å². The molecular formula is C36H21NS. The Kier molecular flexibility index (Phi) is 3.99. The van der Waals surface area contributed by atoms with E-state index in [1.54, 1.807) is 0 Å². The summed E-state index contributed by atoms with van der Waals surface area (Å²) < 4.78 is 5.25. The third-order valence-electron chi connectivity index (χ3n) is 8.13. The first-order chi connectivity index (χ1) is 18.9. The molecule has 0 atom stereocenters. The van der Waals surface area contributed by atoms with E-state index in [2.05, 4.69) is 132 Å². The second-order valence-electron chi connectivity index (χ2n) is 10.1. The molecule has 0 unspecified atom stereocenters. The summed E-state index contributed by atoms with van der Waals surface area (Å²) in [5, 5.41) is 13.2. The third-order valence-corrected chi connectivity index (χ3v) is 9.33. The van der Waals surface area contributed by atoms with E-state index >= 15 is 0 Å². The van der Waals surface area contributed by atoms with Gasteiger partial charge in [-0.25, -0.2) is 0 Å². The molecule has 0 aliphatic carbocycles. The number of aromatic nitrogens is 1. The van der Waals surface area contributed by atoms with E-state index in [-0.39, 0.29) is 0 Å². The molecule has 0 radical (unpaired) electrons. The molecule has 1 nitrogen and oxygen atoms in total. The van der Waals surface area contributed by atoms with Crippen LogP contribution in [0, 0.1) is 0 Å². The zero-order valence-corrected chi connectivity index (χ0v) is 21.3. The molecule has 0 saturated heterocycles. The summed E-state index contributed by atoms with van der Waals surface area (Å²) in [6, 6.07) is 46.7. The lowest BCUT2D eigenvalue weighted by atomic mass is 9.94. The molecule has 9 rings (SSSR count). The summed E-state index contributed by atoms with van der Waals surface area (Å²) in [6.07, 6.45) is 0. The van der Waals surface area contributed by atoms with Crippen LogP contribution in [0.2, 0.25) is 0 Å². The number of nitrogens with zero attached hydrogens (tertiary/aromatic N) is 1. The van der Waals surface area contributed by atoms with Crippen molar-refractivity contribution in [2.45, 2.75) is 0 Å². The van der Waals surface area contributed by atoms with Gasteiger partial charge in [-0.1, -0.05) is 109 Å². The summed E-state index contributed by atoms with van der Waals surface area (Å²) in [5.74, 6) is 0. The topological polar surface area (TPSA) is 4.93 Å². The Morgan fingerprint density at radius 1 is 0.368 bits per heavy atom. The summed E-state index contributed by atoms with van der Waals surface area (Å²) in [5.41, 5.74) is 3.78. The normalized spacial score (nSPS) is 12.2. The Labute approximate surface area is 222 Å². The number of para-hydroxylation sites is 1. The Hall–Kier alpha value is -4.66. The number of thiophene rings is 1. The molecule has 0 spiro atoms. The lowest BCUT2D eigenvalue weighted by molar-refractivity contribution is 1.19. The molecule has 0 aliphatic rings. The van der Waals surface area contributed by atoms with E-state index in [1.165, 1.54) is 80.0 Å². The standard InChI is InChI=1S/C36H21NS/c1-2-12-22(13-3-1)37-34-27-18-8-5-15-24(27)23-14-4-6-16-25(23)31(34)32-26-17-7-9-19-28(26)36-33(35(32)37)29-20-10-11-21-30(29)38-36/h1-21H. The van der Waals surface area contributed by atoms with Crippen molar-refractivity contribution < 1.29 is 0 Å². The van der Waals surface area contributed by atoms with Crippen LogP contribution in [0.3, 0.4) is 0 Å². The molecule has 0 bridgehead atoms. The van der Waals surface area contributed by atoms with Crippen LogP contribution < -0.4 is 0 Å². The Morgan fingerprint density at radius 2 is 0.868 bits per heavy atom. The number of rotatable bonds is 1. The molecule has 0 saturated carbocycles. The van der Waals surface area contributed by atoms with E-state index in [0.29, 0.717) is 0 Å². The fourth-order valence-electron chi connectivity index (χ4n) is 6.65. The van der Waals surface area contributed by atoms with Crippen LogP contribution in [-0.4, -0.2) is 4.57 Å². The van der Waals surface area contributed by atoms with Crippen LogP contribution in [0.25, 0.3) is 80.0 Å². The van der Waals surface area contributed by atoms with Gasteiger partial charge in [0.25, 0.3) is 0 Å². The van der Waals surface area contributed by atoms with Crippen molar-refractivity contribution in [1.82, 2.24) is 4.57 Å². The van der Waals surface area contributed by atoms with E-state index in [0.717, 1.165) is 0 Å². The van der Waals surface area contributed by atoms with E-state index in [9.17, 15) is 0 Å². The fourth-order valence-corrected chi connectivity index (χ4v) is 7.90. The van der Waals surface area contributed by atoms with E-state index in [4.69, 9.17) is 0 Å². The first-order valence-corrected chi connectivity index (χ1v) is 13.9. The molecule has 7 aromatic carbocycles. The minimum Gasteiger partial charge on any atom is -0.308 e. The highest BCUT2D eigenvalue weighted by molar-refractivity contribution is 7.27. The Balaban J connectivity index is 1.76. The average molecular weight is 500 g/mol. The van der Waals surface area contributed by atoms with Crippen molar-refractivity contribution >= 4 is 85.6 Å². The van der Waals surface area contributed by atoms with Crippen LogP contribution in [0.4, 0.5) is 0 Å². The molecular weight excluding hydrogens is 478 g/mol. The monoisotopic (exact) mass is 499 g/mol. The van der Waals surface area contributed by atoms with Crippen molar-refractivity contribution in [3.05, 3.63) is 127 Å². The van der Waals surface area contributed by atoms with Crippen LogP contribution in [0.1, 0.15) is 0 Å². The van der Waals surface area contributed by atoms with Crippen LogP contribution in [-0.2, 0) is 0 Å². The molecule has 38 heavy (non-hydrogen) atoms. The first kappa shape index (κ1) is 20.4. The van der Waals surface area contributed by atoms with Gasteiger partial charge in [0.1, 0.15) is 0 Å². The minimum atomic E-state index is 1.19. The SMILES string of the molecule is c1ccc(-n2c3c4ccccc4c4ccccc4c3c3c4ccccc4c4sc5ccccc5c4c32)cc1. The van der Waals surface area contributed by atoms with Crippen LogP contribution >= 0.6 is 11.3 Å². The van der Waals surface area contributed by atoms with E-state index in [1.807, 2.05) is 11.3 Å². The number of hydrogen-bond donors (Lipinski definition) is 0. The number of fused-ring (bicyclic) bond motifs is 15. The Bertz CT molecular complexity index is 2390. The van der Waals surface area contributed by atoms with Crippen molar-refractivity contribution in [3.63, 3.8) is 0 Å². The lowest BCUT2D eigenvalue weighted by Gasteiger charge is -2.12. The van der Waals surface area contributed by atoms with Gasteiger partial charge in [-0.15, -0.1) is 11.3 Å². The maximum Gasteiger partial charge on any atom is 0.0641 e. The quantitative estimate of drug-likeness (QED) is 0.198. The largest absolute Gasteiger partial charge is 0.308 e. The molecule has 0 aliphatic heterocycles. The third kappa shape index (κ3) is 2.50. The van der Waals surface area contributed by atoms with Crippen LogP contribution in [0.15, 0.2) is 127 Å². The van der Waals surface area contributed by atoms with Gasteiger partial charge in [0, 0.05) is 47.4 Å². The van der Waals surface area contributed by atoms with Crippen molar-refractivity contribution in [2.24, 2.45) is 0 Å². The highest BCUT2D eigenvalue weighted by Crippen LogP contribution is 2.50. The van der Waals surface area contributed by atoms with Gasteiger partial charge >= 0.3 is 0 Å². The summed E-state index contributed by atoms with van der Waals surface area (Å²) in [7, 11) is 0. The van der Waals surface area contributed by atoms with Crippen molar-refractivity contribution in [1.29, 1.82) is 0 Å². The molecule has 9 aromatic rings. The fraction of sp³-hybridized carbons (Fsp3) is 0. The van der Waals surface area contributed by atoms with Gasteiger partial charge < -0.3 is 4.57 Å². The van der Waals surface area contributed by atoms with Gasteiger partial charge in [0.15, 0.2) is 0 Å². The predicted molar refractivity (Wildman–Crippen MR) is 166 cm³/mol. The smallest absolute Gasteiger partial charge is 0.0641 e. The molecule has 176 valence electrons. The maximum atomic E-state index is 2.55. The molecule has 0 amide bonds. The predicted octanol–water partition coefficient (Wildman–Crippen LogP) is 10.6. The minimum absolute atomic E-state index is 1.19. The molecule has 2 heteroatoms. The zero-order valence-electron chi connectivity index (χ0n) is 20.5. The molecule has 2 aromatic heterocycles. The van der Waals surface area contributed by atoms with Crippen molar-refractivity contribution in [3.8, 4) is 5.69 Å². The lowest BCUT2D eigenvalue weighted by Crippen LogP contribution is -1.95. The molecule has 2 heterocycles. The number of benzene rings is 7. The van der Waals surface area contributed by atoms with Crippen LogP contribution in [0.5, 0.6) is 0 Å². The maximum absolute atomic E-state index is 2.55. The second kappa shape index (κ2) is 7.44. The van der Waals surface area contributed by atoms with Gasteiger partial charge in [-0.2, -0.15) is 0 Å². The number of hydrogen-bond acceptors (Lipinski definition) is 1. The summed E-state index contributed by atoms with van der Waals surface area (Å²) in [6.45, 7) is 0. The van der Waals surface area contributed by atoms with Gasteiger partial charge in [0.2, 0.25) is 0 Å². The average Bonchev–Trinajstić information content (AvgIpc) is 3.55. The summed E-state index contributed by atoms with van der Waals surface area (Å²) >= 11 is 1.91. The van der Waals surface area contributed by atoms with Gasteiger partial charge in [-0.3, -0.25) is 0 Å². The molecule has 0 fully saturated rings. The summed E-state index contributed by atoms with van der Waals surface area (Å²) in [4.78, 5) is 0. The van der Waals surface area contributed by atoms with Gasteiger partial charge in [-0.05, 0) is 39.7 Å². The zero-order chi connectivity index (χ0) is 24.8. The molecule has 0 N–H and O–H groups in total. The Morgan fingerprint density at radius 3 is 1.61 bits per heavy atom. The highest BCUT2D eigenvalue weighted by atomic mass is 32.1. The first-order valence-electron chi connectivity index (χ1n) is 13.0. The van der Waals surface area contributed by atoms with Crippen molar-refractivity contribution in [2.75, 3.05) is 0 Å². The second-order valence-corrected chi connectivity index (χ2v) is 11.1.